The first-order chi connectivity index (χ1) is 7.27. The standard InChI is InChI=1S/C11H19N3O/c1-15-11-5-3-2-4-9(11)7-14-8-10(13)6-12/h2-5,10,14H,6-8,12-13H2,1H3. The van der Waals surface area contributed by atoms with Gasteiger partial charge in [-0.05, 0) is 6.07 Å². The number of rotatable bonds is 6. The van der Waals surface area contributed by atoms with Crippen molar-refractivity contribution in [3.63, 3.8) is 0 Å². The van der Waals surface area contributed by atoms with Gasteiger partial charge in [-0.1, -0.05) is 18.2 Å². The topological polar surface area (TPSA) is 73.3 Å². The van der Waals surface area contributed by atoms with E-state index < -0.39 is 0 Å². The Kier molecular flexibility index (Phi) is 5.10. The van der Waals surface area contributed by atoms with Crippen LogP contribution in [0.3, 0.4) is 0 Å². The molecule has 1 atom stereocenters. The molecule has 0 bridgehead atoms. The molecule has 1 aromatic rings. The third-order valence-corrected chi connectivity index (χ3v) is 2.22. The van der Waals surface area contributed by atoms with E-state index in [1.54, 1.807) is 7.11 Å². The van der Waals surface area contributed by atoms with E-state index in [1.165, 1.54) is 0 Å². The second kappa shape index (κ2) is 6.40. The highest BCUT2D eigenvalue weighted by Crippen LogP contribution is 2.16. The normalized spacial score (nSPS) is 12.5. The zero-order chi connectivity index (χ0) is 11.1. The molecule has 5 N–H and O–H groups in total. The number of nitrogens with one attached hydrogen (secondary N) is 1. The number of ether oxygens (including phenoxy) is 1. The summed E-state index contributed by atoms with van der Waals surface area (Å²) in [5, 5.41) is 3.24. The van der Waals surface area contributed by atoms with Crippen molar-refractivity contribution < 1.29 is 4.74 Å². The third kappa shape index (κ3) is 3.87. The molecule has 15 heavy (non-hydrogen) atoms. The van der Waals surface area contributed by atoms with Gasteiger partial charge in [0.25, 0.3) is 0 Å². The summed E-state index contributed by atoms with van der Waals surface area (Å²) in [5.74, 6) is 0.895. The van der Waals surface area contributed by atoms with E-state index in [4.69, 9.17) is 16.2 Å². The molecule has 0 aromatic heterocycles. The maximum Gasteiger partial charge on any atom is 0.123 e. The number of para-hydroxylation sites is 1. The van der Waals surface area contributed by atoms with Crippen molar-refractivity contribution in [3.8, 4) is 5.75 Å². The zero-order valence-electron chi connectivity index (χ0n) is 9.07. The first-order valence-corrected chi connectivity index (χ1v) is 5.06. The predicted molar refractivity (Wildman–Crippen MR) is 61.7 cm³/mol. The Morgan fingerprint density at radius 1 is 1.40 bits per heavy atom. The summed E-state index contributed by atoms with van der Waals surface area (Å²) in [6, 6.07) is 7.93. The Hall–Kier alpha value is -1.10. The molecule has 0 heterocycles. The third-order valence-electron chi connectivity index (χ3n) is 2.22. The molecule has 1 rings (SSSR count). The van der Waals surface area contributed by atoms with Gasteiger partial charge >= 0.3 is 0 Å². The predicted octanol–water partition coefficient (Wildman–Crippen LogP) is 0.0708. The monoisotopic (exact) mass is 209 g/mol. The van der Waals surface area contributed by atoms with E-state index in [0.717, 1.165) is 17.9 Å². The summed E-state index contributed by atoms with van der Waals surface area (Å²) < 4.78 is 5.23. The van der Waals surface area contributed by atoms with Gasteiger partial charge in [0, 0.05) is 31.2 Å². The van der Waals surface area contributed by atoms with Crippen LogP contribution in [0.2, 0.25) is 0 Å². The van der Waals surface area contributed by atoms with Crippen molar-refractivity contribution in [2.45, 2.75) is 12.6 Å². The number of hydrogen-bond donors (Lipinski definition) is 3. The fourth-order valence-electron chi connectivity index (χ4n) is 1.32. The van der Waals surface area contributed by atoms with Crippen molar-refractivity contribution in [2.24, 2.45) is 11.5 Å². The molecule has 0 radical (unpaired) electrons. The van der Waals surface area contributed by atoms with Crippen molar-refractivity contribution in [3.05, 3.63) is 29.8 Å². The van der Waals surface area contributed by atoms with Crippen LogP contribution in [-0.4, -0.2) is 26.2 Å². The van der Waals surface area contributed by atoms with E-state index in [0.29, 0.717) is 13.1 Å². The smallest absolute Gasteiger partial charge is 0.123 e. The van der Waals surface area contributed by atoms with Gasteiger partial charge in [0.15, 0.2) is 0 Å². The fraction of sp³-hybridized carbons (Fsp3) is 0.455. The molecule has 0 spiro atoms. The van der Waals surface area contributed by atoms with Crippen LogP contribution in [0.4, 0.5) is 0 Å². The summed E-state index contributed by atoms with van der Waals surface area (Å²) in [7, 11) is 1.67. The van der Waals surface area contributed by atoms with Gasteiger partial charge in [0.1, 0.15) is 5.75 Å². The first kappa shape index (κ1) is 12.0. The SMILES string of the molecule is COc1ccccc1CNCC(N)CN. The quantitative estimate of drug-likeness (QED) is 0.620. The Morgan fingerprint density at radius 2 is 2.13 bits per heavy atom. The number of benzene rings is 1. The second-order valence-corrected chi connectivity index (χ2v) is 3.44. The van der Waals surface area contributed by atoms with Gasteiger partial charge in [-0.15, -0.1) is 0 Å². The Balaban J connectivity index is 2.43. The summed E-state index contributed by atoms with van der Waals surface area (Å²) in [5.41, 5.74) is 12.2. The lowest BCUT2D eigenvalue weighted by Crippen LogP contribution is -2.39. The molecule has 0 amide bonds. The summed E-state index contributed by atoms with van der Waals surface area (Å²) in [6.07, 6.45) is 0. The molecule has 1 unspecified atom stereocenters. The van der Waals surface area contributed by atoms with Crippen LogP contribution >= 0.6 is 0 Å². The summed E-state index contributed by atoms with van der Waals surface area (Å²) in [4.78, 5) is 0. The highest BCUT2D eigenvalue weighted by molar-refractivity contribution is 5.32. The minimum atomic E-state index is 0.0136. The lowest BCUT2D eigenvalue weighted by molar-refractivity contribution is 0.407. The van der Waals surface area contributed by atoms with E-state index >= 15 is 0 Å². The molecule has 1 aromatic carbocycles. The molecule has 0 aliphatic heterocycles. The molecule has 0 aliphatic carbocycles. The minimum Gasteiger partial charge on any atom is -0.496 e. The second-order valence-electron chi connectivity index (χ2n) is 3.44. The summed E-state index contributed by atoms with van der Waals surface area (Å²) in [6.45, 7) is 1.96. The molecule has 4 heteroatoms. The Morgan fingerprint density at radius 3 is 2.80 bits per heavy atom. The van der Waals surface area contributed by atoms with Gasteiger partial charge in [-0.3, -0.25) is 0 Å². The van der Waals surface area contributed by atoms with Crippen molar-refractivity contribution in [1.82, 2.24) is 5.32 Å². The van der Waals surface area contributed by atoms with Gasteiger partial charge in [0.05, 0.1) is 7.11 Å². The van der Waals surface area contributed by atoms with E-state index in [9.17, 15) is 0 Å². The number of hydrogen-bond acceptors (Lipinski definition) is 4. The average Bonchev–Trinajstić information content (AvgIpc) is 2.29. The zero-order valence-corrected chi connectivity index (χ0v) is 9.07. The molecular formula is C11H19N3O. The van der Waals surface area contributed by atoms with Gasteiger partial charge in [0.2, 0.25) is 0 Å². The van der Waals surface area contributed by atoms with Crippen LogP contribution in [0.15, 0.2) is 24.3 Å². The first-order valence-electron chi connectivity index (χ1n) is 5.06. The molecule has 0 fully saturated rings. The van der Waals surface area contributed by atoms with Crippen LogP contribution in [0.25, 0.3) is 0 Å². The minimum absolute atomic E-state index is 0.0136. The van der Waals surface area contributed by atoms with E-state index in [2.05, 4.69) is 5.32 Å². The molecule has 0 saturated heterocycles. The fourth-order valence-corrected chi connectivity index (χ4v) is 1.32. The van der Waals surface area contributed by atoms with Crippen LogP contribution in [-0.2, 0) is 6.54 Å². The van der Waals surface area contributed by atoms with Crippen LogP contribution in [0.1, 0.15) is 5.56 Å². The Bertz CT molecular complexity index is 291. The van der Waals surface area contributed by atoms with Gasteiger partial charge < -0.3 is 21.5 Å². The van der Waals surface area contributed by atoms with Crippen LogP contribution in [0.5, 0.6) is 5.75 Å². The van der Waals surface area contributed by atoms with Crippen molar-refractivity contribution in [1.29, 1.82) is 0 Å². The molecule has 4 nitrogen and oxygen atoms in total. The maximum atomic E-state index is 5.69. The van der Waals surface area contributed by atoms with Gasteiger partial charge in [-0.25, -0.2) is 0 Å². The maximum absolute atomic E-state index is 5.69. The molecule has 84 valence electrons. The van der Waals surface area contributed by atoms with E-state index in [1.807, 2.05) is 24.3 Å². The number of nitrogens with two attached hydrogens (primary N) is 2. The Labute approximate surface area is 90.6 Å². The molecule has 0 saturated carbocycles. The van der Waals surface area contributed by atoms with Crippen LogP contribution < -0.4 is 21.5 Å². The van der Waals surface area contributed by atoms with Gasteiger partial charge in [-0.2, -0.15) is 0 Å². The lowest BCUT2D eigenvalue weighted by Gasteiger charge is -2.12. The lowest BCUT2D eigenvalue weighted by atomic mass is 10.2. The highest BCUT2D eigenvalue weighted by atomic mass is 16.5. The molecular weight excluding hydrogens is 190 g/mol. The number of methoxy groups -OCH3 is 1. The van der Waals surface area contributed by atoms with Crippen molar-refractivity contribution >= 4 is 0 Å². The highest BCUT2D eigenvalue weighted by Gasteiger charge is 2.02. The van der Waals surface area contributed by atoms with Crippen molar-refractivity contribution in [2.75, 3.05) is 20.2 Å². The molecule has 0 aliphatic rings. The van der Waals surface area contributed by atoms with E-state index in [-0.39, 0.29) is 6.04 Å². The summed E-state index contributed by atoms with van der Waals surface area (Å²) >= 11 is 0. The largest absolute Gasteiger partial charge is 0.496 e. The average molecular weight is 209 g/mol. The van der Waals surface area contributed by atoms with Crippen LogP contribution in [0, 0.1) is 0 Å².